The SMILES string of the molecule is CCc1ccc(N2C(=O)NC(=O)/C(=C/c3ccc(Cl)c(Cl)c3)C2=O)cc1. The zero-order valence-corrected chi connectivity index (χ0v) is 15.3. The second-order valence-electron chi connectivity index (χ2n) is 5.65. The summed E-state index contributed by atoms with van der Waals surface area (Å²) >= 11 is 11.8. The molecule has 1 aliphatic heterocycles. The number of amides is 4. The van der Waals surface area contributed by atoms with E-state index in [0.29, 0.717) is 21.3 Å². The third-order valence-corrected chi connectivity index (χ3v) is 4.70. The van der Waals surface area contributed by atoms with E-state index < -0.39 is 17.8 Å². The van der Waals surface area contributed by atoms with Gasteiger partial charge in [-0.05, 0) is 47.9 Å². The van der Waals surface area contributed by atoms with E-state index in [-0.39, 0.29) is 5.57 Å². The summed E-state index contributed by atoms with van der Waals surface area (Å²) < 4.78 is 0. The van der Waals surface area contributed by atoms with Crippen LogP contribution in [0.15, 0.2) is 48.0 Å². The number of barbiturate groups is 1. The normalized spacial score (nSPS) is 16.2. The fourth-order valence-electron chi connectivity index (χ4n) is 2.54. The topological polar surface area (TPSA) is 66.5 Å². The Labute approximate surface area is 160 Å². The molecule has 5 nitrogen and oxygen atoms in total. The maximum Gasteiger partial charge on any atom is 0.335 e. The number of hydrogen-bond acceptors (Lipinski definition) is 3. The number of anilines is 1. The van der Waals surface area contributed by atoms with Crippen molar-refractivity contribution in [3.63, 3.8) is 0 Å². The van der Waals surface area contributed by atoms with Crippen LogP contribution in [-0.2, 0) is 16.0 Å². The number of halogens is 2. The van der Waals surface area contributed by atoms with Crippen molar-refractivity contribution in [3.8, 4) is 0 Å². The van der Waals surface area contributed by atoms with Crippen molar-refractivity contribution in [2.45, 2.75) is 13.3 Å². The molecule has 7 heteroatoms. The number of carbonyl (C=O) groups is 3. The molecule has 0 aliphatic carbocycles. The first-order valence-corrected chi connectivity index (χ1v) is 8.61. The molecule has 1 fully saturated rings. The highest BCUT2D eigenvalue weighted by molar-refractivity contribution is 6.42. The number of nitrogens with one attached hydrogen (secondary N) is 1. The van der Waals surface area contributed by atoms with E-state index in [1.54, 1.807) is 24.3 Å². The molecule has 1 saturated heterocycles. The zero-order chi connectivity index (χ0) is 18.8. The highest BCUT2D eigenvalue weighted by Gasteiger charge is 2.36. The molecule has 1 heterocycles. The van der Waals surface area contributed by atoms with E-state index in [0.717, 1.165) is 16.9 Å². The molecule has 26 heavy (non-hydrogen) atoms. The number of benzene rings is 2. The molecule has 4 amide bonds. The summed E-state index contributed by atoms with van der Waals surface area (Å²) in [7, 11) is 0. The molecule has 1 aliphatic rings. The van der Waals surface area contributed by atoms with E-state index >= 15 is 0 Å². The number of carbonyl (C=O) groups excluding carboxylic acids is 3. The van der Waals surface area contributed by atoms with Crippen molar-refractivity contribution in [2.75, 3.05) is 4.90 Å². The summed E-state index contributed by atoms with van der Waals surface area (Å²) in [4.78, 5) is 38.0. The van der Waals surface area contributed by atoms with Crippen LogP contribution in [0.1, 0.15) is 18.1 Å². The van der Waals surface area contributed by atoms with Gasteiger partial charge in [-0.15, -0.1) is 0 Å². The van der Waals surface area contributed by atoms with Crippen LogP contribution in [0.3, 0.4) is 0 Å². The van der Waals surface area contributed by atoms with E-state index in [1.807, 2.05) is 19.1 Å². The van der Waals surface area contributed by atoms with Crippen LogP contribution in [0.2, 0.25) is 10.0 Å². The largest absolute Gasteiger partial charge is 0.335 e. The van der Waals surface area contributed by atoms with Crippen molar-refractivity contribution >= 4 is 52.8 Å². The number of imide groups is 2. The van der Waals surface area contributed by atoms with Crippen molar-refractivity contribution in [3.05, 3.63) is 69.2 Å². The molecular formula is C19H14Cl2N2O3. The van der Waals surface area contributed by atoms with Gasteiger partial charge in [-0.3, -0.25) is 14.9 Å². The predicted molar refractivity (Wildman–Crippen MR) is 101 cm³/mol. The van der Waals surface area contributed by atoms with Gasteiger partial charge in [0.2, 0.25) is 0 Å². The first kappa shape index (κ1) is 18.2. The minimum Gasteiger partial charge on any atom is -0.273 e. The summed E-state index contributed by atoms with van der Waals surface area (Å²) in [6.45, 7) is 2.00. The van der Waals surface area contributed by atoms with Gasteiger partial charge < -0.3 is 0 Å². The second-order valence-corrected chi connectivity index (χ2v) is 6.47. The average molecular weight is 389 g/mol. The third-order valence-electron chi connectivity index (χ3n) is 3.96. The van der Waals surface area contributed by atoms with Crippen LogP contribution in [0.4, 0.5) is 10.5 Å². The number of nitrogens with zero attached hydrogens (tertiary/aromatic N) is 1. The summed E-state index contributed by atoms with van der Waals surface area (Å²) in [6, 6.07) is 10.9. The lowest BCUT2D eigenvalue weighted by molar-refractivity contribution is -0.122. The molecule has 0 unspecified atom stereocenters. The van der Waals surface area contributed by atoms with Crippen molar-refractivity contribution in [1.82, 2.24) is 5.32 Å². The average Bonchev–Trinajstić information content (AvgIpc) is 2.62. The molecule has 0 spiro atoms. The molecule has 0 bridgehead atoms. The standard InChI is InChI=1S/C19H14Cl2N2O3/c1-2-11-3-6-13(7-4-11)23-18(25)14(17(24)22-19(23)26)9-12-5-8-15(20)16(21)10-12/h3-10H,2H2,1H3,(H,22,24,26)/b14-9-. The molecule has 2 aromatic carbocycles. The second kappa shape index (κ2) is 7.32. The Hall–Kier alpha value is -2.63. The van der Waals surface area contributed by atoms with Crippen LogP contribution in [-0.4, -0.2) is 17.8 Å². The van der Waals surface area contributed by atoms with Gasteiger partial charge >= 0.3 is 6.03 Å². The lowest BCUT2D eigenvalue weighted by Gasteiger charge is -2.26. The number of aryl methyl sites for hydroxylation is 1. The molecule has 2 aromatic rings. The monoisotopic (exact) mass is 388 g/mol. The molecule has 3 rings (SSSR count). The number of rotatable bonds is 3. The van der Waals surface area contributed by atoms with Crippen molar-refractivity contribution in [2.24, 2.45) is 0 Å². The zero-order valence-electron chi connectivity index (χ0n) is 13.8. The van der Waals surface area contributed by atoms with Gasteiger partial charge in [0, 0.05) is 0 Å². The molecule has 0 aromatic heterocycles. The van der Waals surface area contributed by atoms with Gasteiger partial charge in [0.05, 0.1) is 15.7 Å². The highest BCUT2D eigenvalue weighted by atomic mass is 35.5. The minimum absolute atomic E-state index is 0.164. The van der Waals surface area contributed by atoms with E-state index in [9.17, 15) is 14.4 Å². The maximum atomic E-state index is 12.8. The third kappa shape index (κ3) is 3.49. The summed E-state index contributed by atoms with van der Waals surface area (Å²) in [5, 5.41) is 2.84. The number of urea groups is 1. The van der Waals surface area contributed by atoms with Gasteiger partial charge in [-0.25, -0.2) is 9.69 Å². The predicted octanol–water partition coefficient (Wildman–Crippen LogP) is 4.22. The van der Waals surface area contributed by atoms with Gasteiger partial charge in [0.25, 0.3) is 11.8 Å². The fraction of sp³-hybridized carbons (Fsp3) is 0.105. The molecule has 1 N–H and O–H groups in total. The van der Waals surface area contributed by atoms with Crippen LogP contribution in [0.5, 0.6) is 0 Å². The lowest BCUT2D eigenvalue weighted by atomic mass is 10.1. The molecule has 0 saturated carbocycles. The van der Waals surface area contributed by atoms with Crippen LogP contribution < -0.4 is 10.2 Å². The summed E-state index contributed by atoms with van der Waals surface area (Å²) in [5.41, 5.74) is 1.81. The quantitative estimate of drug-likeness (QED) is 0.631. The Morgan fingerprint density at radius 1 is 1.00 bits per heavy atom. The minimum atomic E-state index is -0.782. The Bertz CT molecular complexity index is 936. The Morgan fingerprint density at radius 2 is 1.69 bits per heavy atom. The molecule has 0 atom stereocenters. The fourth-order valence-corrected chi connectivity index (χ4v) is 2.85. The summed E-state index contributed by atoms with van der Waals surface area (Å²) in [5.74, 6) is -1.46. The Kier molecular flexibility index (Phi) is 5.11. The first-order valence-electron chi connectivity index (χ1n) is 7.86. The van der Waals surface area contributed by atoms with Crippen molar-refractivity contribution < 1.29 is 14.4 Å². The highest BCUT2D eigenvalue weighted by Crippen LogP contribution is 2.26. The van der Waals surface area contributed by atoms with E-state index in [2.05, 4.69) is 5.32 Å². The lowest BCUT2D eigenvalue weighted by Crippen LogP contribution is -2.54. The van der Waals surface area contributed by atoms with Crippen LogP contribution in [0.25, 0.3) is 6.08 Å². The van der Waals surface area contributed by atoms with Gasteiger partial charge in [0.1, 0.15) is 5.57 Å². The van der Waals surface area contributed by atoms with Crippen molar-refractivity contribution in [1.29, 1.82) is 0 Å². The molecule has 0 radical (unpaired) electrons. The molecular weight excluding hydrogens is 375 g/mol. The Balaban J connectivity index is 1.99. The smallest absolute Gasteiger partial charge is 0.273 e. The Morgan fingerprint density at radius 3 is 2.31 bits per heavy atom. The summed E-state index contributed by atoms with van der Waals surface area (Å²) in [6.07, 6.45) is 2.21. The van der Waals surface area contributed by atoms with E-state index in [1.165, 1.54) is 12.1 Å². The number of hydrogen-bond donors (Lipinski definition) is 1. The molecule has 132 valence electrons. The maximum absolute atomic E-state index is 12.8. The van der Waals surface area contributed by atoms with Gasteiger partial charge in [-0.2, -0.15) is 0 Å². The van der Waals surface area contributed by atoms with Crippen LogP contribution >= 0.6 is 23.2 Å². The first-order chi connectivity index (χ1) is 12.4. The van der Waals surface area contributed by atoms with E-state index in [4.69, 9.17) is 23.2 Å². The van der Waals surface area contributed by atoms with Gasteiger partial charge in [0.15, 0.2) is 0 Å². The van der Waals surface area contributed by atoms with Crippen LogP contribution in [0, 0.1) is 0 Å². The van der Waals surface area contributed by atoms with Gasteiger partial charge in [-0.1, -0.05) is 48.3 Å².